The van der Waals surface area contributed by atoms with Gasteiger partial charge in [0.1, 0.15) is 18.2 Å². The minimum Gasteiger partial charge on any atom is -0.493 e. The van der Waals surface area contributed by atoms with E-state index in [0.717, 1.165) is 0 Å². The molecule has 37 heavy (non-hydrogen) atoms. The number of nitrogens with zero attached hydrogens (tertiary/aromatic N) is 1. The van der Waals surface area contributed by atoms with Crippen LogP contribution in [0.5, 0.6) is 5.75 Å². The molecule has 1 aliphatic carbocycles. The standard InChI is InChI=1S/C30H30FNO5/c31-20-9-11-23(12-10-20)36-14-13-30(34)15-21-17-35-18-22(16-30)32(21)29(33)37-19-28-26-7-3-1-5-24(26)25-6-2-4-8-27(25)28/h1-12,21-22,28,34H,13-19H2. The molecular weight excluding hydrogens is 473 g/mol. The van der Waals surface area contributed by atoms with E-state index in [1.807, 2.05) is 24.3 Å². The van der Waals surface area contributed by atoms with E-state index in [4.69, 9.17) is 14.2 Å². The Kier molecular flexibility index (Phi) is 6.34. The highest BCUT2D eigenvalue weighted by Gasteiger charge is 2.48. The number of piperidine rings is 1. The van der Waals surface area contributed by atoms with Crippen LogP contribution in [0.1, 0.15) is 36.3 Å². The summed E-state index contributed by atoms with van der Waals surface area (Å²) in [7, 11) is 0. The zero-order valence-corrected chi connectivity index (χ0v) is 20.5. The Morgan fingerprint density at radius 2 is 1.54 bits per heavy atom. The van der Waals surface area contributed by atoms with Gasteiger partial charge in [0.2, 0.25) is 0 Å². The third kappa shape index (κ3) is 4.69. The SMILES string of the molecule is O=C(OCC1c2ccccc2-c2ccccc21)N1C2COCC1CC(O)(CCOc1ccc(F)cc1)C2. The van der Waals surface area contributed by atoms with Crippen LogP contribution in [0, 0.1) is 5.82 Å². The van der Waals surface area contributed by atoms with Crippen molar-refractivity contribution in [1.82, 2.24) is 4.90 Å². The summed E-state index contributed by atoms with van der Waals surface area (Å²) in [5.41, 5.74) is 3.76. The summed E-state index contributed by atoms with van der Waals surface area (Å²) in [6.07, 6.45) is 0.835. The molecule has 7 heteroatoms. The first-order chi connectivity index (χ1) is 18.0. The highest BCUT2D eigenvalue weighted by molar-refractivity contribution is 5.79. The van der Waals surface area contributed by atoms with Crippen LogP contribution >= 0.6 is 0 Å². The highest BCUT2D eigenvalue weighted by Crippen LogP contribution is 2.45. The van der Waals surface area contributed by atoms with Crippen molar-refractivity contribution in [2.45, 2.75) is 42.9 Å². The monoisotopic (exact) mass is 503 g/mol. The Bertz CT molecular complexity index is 1220. The molecule has 2 heterocycles. The van der Waals surface area contributed by atoms with E-state index in [0.29, 0.717) is 44.8 Å². The van der Waals surface area contributed by atoms with Gasteiger partial charge in [-0.15, -0.1) is 0 Å². The first-order valence-electron chi connectivity index (χ1n) is 12.8. The number of carbonyl (C=O) groups excluding carboxylic acids is 1. The van der Waals surface area contributed by atoms with Gasteiger partial charge in [0, 0.05) is 12.3 Å². The number of hydrogen-bond donors (Lipinski definition) is 1. The van der Waals surface area contributed by atoms with Crippen LogP contribution < -0.4 is 4.74 Å². The molecule has 3 aromatic rings. The summed E-state index contributed by atoms with van der Waals surface area (Å²) in [6, 6.07) is 21.8. The fourth-order valence-electron chi connectivity index (χ4n) is 6.13. The number of benzene rings is 3. The third-order valence-corrected chi connectivity index (χ3v) is 7.84. The minimum absolute atomic E-state index is 0.00206. The quantitative estimate of drug-likeness (QED) is 0.505. The number of halogens is 1. The first kappa shape index (κ1) is 23.9. The molecule has 2 fully saturated rings. The van der Waals surface area contributed by atoms with Crippen molar-refractivity contribution >= 4 is 6.09 Å². The maximum atomic E-state index is 13.3. The summed E-state index contributed by atoms with van der Waals surface area (Å²) in [5.74, 6) is 0.238. The lowest BCUT2D eigenvalue weighted by atomic mass is 9.79. The van der Waals surface area contributed by atoms with Gasteiger partial charge in [-0.05, 0) is 59.4 Å². The molecule has 2 bridgehead atoms. The summed E-state index contributed by atoms with van der Waals surface area (Å²) in [4.78, 5) is 15.1. The molecule has 2 atom stereocenters. The van der Waals surface area contributed by atoms with Crippen LogP contribution in [0.2, 0.25) is 0 Å². The van der Waals surface area contributed by atoms with Crippen molar-refractivity contribution in [3.8, 4) is 16.9 Å². The largest absolute Gasteiger partial charge is 0.493 e. The second-order valence-electron chi connectivity index (χ2n) is 10.2. The van der Waals surface area contributed by atoms with Crippen LogP contribution in [-0.4, -0.2) is 60.2 Å². The fraction of sp³-hybridized carbons (Fsp3) is 0.367. The summed E-state index contributed by atoms with van der Waals surface area (Å²) < 4.78 is 30.5. The van der Waals surface area contributed by atoms with E-state index in [2.05, 4.69) is 24.3 Å². The normalized spacial score (nSPS) is 24.3. The molecule has 1 amide bonds. The zero-order valence-electron chi connectivity index (χ0n) is 20.5. The van der Waals surface area contributed by atoms with Crippen molar-refractivity contribution in [3.63, 3.8) is 0 Å². The summed E-state index contributed by atoms with van der Waals surface area (Å²) >= 11 is 0. The van der Waals surface area contributed by atoms with Crippen molar-refractivity contribution in [2.75, 3.05) is 26.4 Å². The number of morpholine rings is 1. The van der Waals surface area contributed by atoms with Crippen LogP contribution in [0.15, 0.2) is 72.8 Å². The van der Waals surface area contributed by atoms with E-state index in [1.165, 1.54) is 34.4 Å². The van der Waals surface area contributed by atoms with Crippen molar-refractivity contribution in [2.24, 2.45) is 0 Å². The average molecular weight is 504 g/mol. The van der Waals surface area contributed by atoms with Crippen molar-refractivity contribution < 1.29 is 28.5 Å². The molecular formula is C30H30FNO5. The van der Waals surface area contributed by atoms with Gasteiger partial charge in [-0.2, -0.15) is 0 Å². The Balaban J connectivity index is 1.10. The number of aliphatic hydroxyl groups is 1. The lowest BCUT2D eigenvalue weighted by Gasteiger charge is -2.50. The van der Waals surface area contributed by atoms with Gasteiger partial charge in [-0.25, -0.2) is 9.18 Å². The van der Waals surface area contributed by atoms with E-state index < -0.39 is 5.60 Å². The number of fused-ring (bicyclic) bond motifs is 5. The molecule has 192 valence electrons. The lowest BCUT2D eigenvalue weighted by Crippen LogP contribution is -2.63. The van der Waals surface area contributed by atoms with E-state index in [9.17, 15) is 14.3 Å². The molecule has 0 radical (unpaired) electrons. The van der Waals surface area contributed by atoms with E-state index in [-0.39, 0.29) is 36.5 Å². The lowest BCUT2D eigenvalue weighted by molar-refractivity contribution is -0.137. The third-order valence-electron chi connectivity index (χ3n) is 7.84. The Morgan fingerprint density at radius 1 is 0.946 bits per heavy atom. The second kappa shape index (κ2) is 9.80. The predicted octanol–water partition coefficient (Wildman–Crippen LogP) is 5.14. The number of amides is 1. The maximum absolute atomic E-state index is 13.3. The predicted molar refractivity (Wildman–Crippen MR) is 136 cm³/mol. The van der Waals surface area contributed by atoms with Crippen LogP contribution in [-0.2, 0) is 9.47 Å². The van der Waals surface area contributed by atoms with Gasteiger partial charge >= 0.3 is 6.09 Å². The van der Waals surface area contributed by atoms with Crippen molar-refractivity contribution in [1.29, 1.82) is 0 Å². The topological polar surface area (TPSA) is 68.2 Å². The first-order valence-corrected chi connectivity index (χ1v) is 12.8. The van der Waals surface area contributed by atoms with E-state index >= 15 is 0 Å². The highest BCUT2D eigenvalue weighted by atomic mass is 19.1. The molecule has 3 aromatic carbocycles. The maximum Gasteiger partial charge on any atom is 0.410 e. The van der Waals surface area contributed by atoms with Gasteiger partial charge < -0.3 is 19.3 Å². The molecule has 2 unspecified atom stereocenters. The molecule has 6 rings (SSSR count). The van der Waals surface area contributed by atoms with Crippen LogP contribution in [0.4, 0.5) is 9.18 Å². The van der Waals surface area contributed by atoms with E-state index in [1.54, 1.807) is 17.0 Å². The molecule has 1 N–H and O–H groups in total. The number of hydrogen-bond acceptors (Lipinski definition) is 5. The Morgan fingerprint density at radius 3 is 2.16 bits per heavy atom. The van der Waals surface area contributed by atoms with Crippen molar-refractivity contribution in [3.05, 3.63) is 89.7 Å². The molecule has 3 aliphatic rings. The zero-order chi connectivity index (χ0) is 25.4. The minimum atomic E-state index is -0.973. The Hall–Kier alpha value is -3.42. The smallest absolute Gasteiger partial charge is 0.410 e. The summed E-state index contributed by atoms with van der Waals surface area (Å²) in [6.45, 7) is 1.29. The summed E-state index contributed by atoms with van der Waals surface area (Å²) in [5, 5.41) is 11.3. The number of rotatable bonds is 6. The number of carbonyl (C=O) groups is 1. The Labute approximate surface area is 215 Å². The van der Waals surface area contributed by atoms with Crippen LogP contribution in [0.25, 0.3) is 11.1 Å². The van der Waals surface area contributed by atoms with Gasteiger partial charge in [-0.3, -0.25) is 4.90 Å². The second-order valence-corrected chi connectivity index (χ2v) is 10.2. The molecule has 0 spiro atoms. The molecule has 6 nitrogen and oxygen atoms in total. The average Bonchev–Trinajstić information content (AvgIpc) is 3.21. The van der Waals surface area contributed by atoms with Gasteiger partial charge in [0.05, 0.1) is 37.5 Å². The van der Waals surface area contributed by atoms with Gasteiger partial charge in [-0.1, -0.05) is 48.5 Å². The number of ether oxygens (including phenoxy) is 3. The van der Waals surface area contributed by atoms with Crippen LogP contribution in [0.3, 0.4) is 0 Å². The van der Waals surface area contributed by atoms with Gasteiger partial charge in [0.25, 0.3) is 0 Å². The molecule has 2 saturated heterocycles. The van der Waals surface area contributed by atoms with Gasteiger partial charge in [0.15, 0.2) is 0 Å². The fourth-order valence-corrected chi connectivity index (χ4v) is 6.13. The molecule has 2 aliphatic heterocycles. The molecule has 0 saturated carbocycles. The molecule has 0 aromatic heterocycles.